The summed E-state index contributed by atoms with van der Waals surface area (Å²) in [5.74, 6) is 0.00824. The van der Waals surface area contributed by atoms with Crippen LogP contribution in [0.15, 0.2) is 77.1 Å². The summed E-state index contributed by atoms with van der Waals surface area (Å²) in [4.78, 5) is 30.9. The van der Waals surface area contributed by atoms with Crippen LogP contribution in [0.2, 0.25) is 5.02 Å². The second kappa shape index (κ2) is 12.2. The number of halogens is 4. The highest BCUT2D eigenvalue weighted by molar-refractivity contribution is 7.11. The molecular weight excluding hydrogens is 641 g/mol. The van der Waals surface area contributed by atoms with Crippen LogP contribution in [-0.4, -0.2) is 72.2 Å². The number of thiazole rings is 1. The van der Waals surface area contributed by atoms with E-state index in [9.17, 15) is 23.1 Å². The Morgan fingerprint density at radius 3 is 2.63 bits per heavy atom. The van der Waals surface area contributed by atoms with Gasteiger partial charge >= 0.3 is 12.6 Å². The summed E-state index contributed by atoms with van der Waals surface area (Å²) in [5, 5.41) is 21.0. The van der Waals surface area contributed by atoms with Crippen LogP contribution in [0.25, 0.3) is 5.57 Å². The third-order valence-corrected chi connectivity index (χ3v) is 9.67. The molecule has 0 radical (unpaired) electrons. The lowest BCUT2D eigenvalue weighted by Crippen LogP contribution is -2.51. The lowest BCUT2D eigenvalue weighted by Gasteiger charge is -2.38. The highest BCUT2D eigenvalue weighted by atomic mass is 35.5. The number of carbonyl (C=O) groups excluding carboxylic acids is 1. The van der Waals surface area contributed by atoms with Gasteiger partial charge < -0.3 is 20.2 Å². The van der Waals surface area contributed by atoms with E-state index in [0.717, 1.165) is 5.70 Å². The summed E-state index contributed by atoms with van der Waals surface area (Å²) < 4.78 is 41.9. The number of piperidine rings is 1. The maximum absolute atomic E-state index is 14.1. The van der Waals surface area contributed by atoms with Crippen molar-refractivity contribution in [2.45, 2.75) is 43.5 Å². The van der Waals surface area contributed by atoms with Gasteiger partial charge in [0, 0.05) is 71.9 Å². The molecule has 6 heterocycles. The van der Waals surface area contributed by atoms with E-state index >= 15 is 0 Å². The molecule has 2 N–H and O–H groups in total. The monoisotopic (exact) mass is 668 g/mol. The van der Waals surface area contributed by atoms with Crippen LogP contribution >= 0.6 is 22.9 Å². The van der Waals surface area contributed by atoms with Gasteiger partial charge in [0.15, 0.2) is 10.8 Å². The minimum Gasteiger partial charge on any atom is -0.383 e. The molecule has 238 valence electrons. The van der Waals surface area contributed by atoms with Gasteiger partial charge in [0.05, 0.1) is 17.4 Å². The number of likely N-dealkylation sites (tertiary alicyclic amines) is 1. The van der Waals surface area contributed by atoms with Crippen LogP contribution in [0.5, 0.6) is 0 Å². The average Bonchev–Trinajstić information content (AvgIpc) is 3.83. The molecule has 0 bridgehead atoms. The number of hydrogen-bond donors (Lipinski definition) is 2. The lowest BCUT2D eigenvalue weighted by atomic mass is 9.88. The highest BCUT2D eigenvalue weighted by Crippen LogP contribution is 2.46. The van der Waals surface area contributed by atoms with Gasteiger partial charge in [-0.25, -0.2) is 18.9 Å². The van der Waals surface area contributed by atoms with E-state index < -0.39 is 24.0 Å². The Bertz CT molecular complexity index is 1810. The molecule has 4 aromatic rings. The fourth-order valence-corrected chi connectivity index (χ4v) is 7.20. The highest BCUT2D eigenvalue weighted by Gasteiger charge is 2.42. The van der Waals surface area contributed by atoms with E-state index in [1.54, 1.807) is 29.4 Å². The van der Waals surface area contributed by atoms with Crippen LogP contribution < -0.4 is 5.32 Å². The Hall–Kier alpha value is -4.27. The number of amides is 2. The second-order valence-electron chi connectivity index (χ2n) is 11.4. The third kappa shape index (κ3) is 5.65. The molecule has 10 nitrogen and oxygen atoms in total. The SMILES string of the molecule is O=C(N[C@H]1CC2=C(c3ccn(C(F)F)n3)[C@H](c3ccc(F)cc3Cl)N=C(c3nccs3)N2C1)N1CCC(O)(c2ccccn2)CC1. The quantitative estimate of drug-likeness (QED) is 0.277. The van der Waals surface area contributed by atoms with Crippen LogP contribution in [-0.2, 0) is 5.60 Å². The Morgan fingerprint density at radius 1 is 1.13 bits per heavy atom. The Morgan fingerprint density at radius 2 is 1.96 bits per heavy atom. The molecule has 1 aromatic carbocycles. The van der Waals surface area contributed by atoms with Gasteiger partial charge in [0.1, 0.15) is 17.5 Å². The lowest BCUT2D eigenvalue weighted by molar-refractivity contribution is -0.0205. The number of nitrogens with one attached hydrogen (secondary N) is 1. The molecule has 0 aliphatic carbocycles. The first-order valence-electron chi connectivity index (χ1n) is 14.7. The number of alkyl halides is 2. The summed E-state index contributed by atoms with van der Waals surface area (Å²) in [5.41, 5.74) is 1.48. The van der Waals surface area contributed by atoms with Crippen molar-refractivity contribution in [3.8, 4) is 0 Å². The van der Waals surface area contributed by atoms with E-state index in [4.69, 9.17) is 16.6 Å². The van der Waals surface area contributed by atoms with Crippen molar-refractivity contribution in [2.24, 2.45) is 4.99 Å². The van der Waals surface area contributed by atoms with Crippen LogP contribution in [0, 0.1) is 5.82 Å². The Kier molecular flexibility index (Phi) is 8.03. The number of urea groups is 1. The molecule has 0 saturated carbocycles. The fourth-order valence-electron chi connectivity index (χ4n) is 6.29. The molecule has 3 aliphatic rings. The summed E-state index contributed by atoms with van der Waals surface area (Å²) in [6.07, 6.45) is 5.52. The molecule has 7 rings (SSSR count). The first kappa shape index (κ1) is 30.4. The molecule has 2 atom stereocenters. The standard InChI is InChI=1S/C31H28ClF3N8O2S/c32-21-15-18(33)4-5-20(21)26-25(22-6-11-43(40-22)29(34)35)23-16-19(17-42(23)27(39-26)28-37-10-14-46-28)38-30(44)41-12-7-31(45,8-13-41)24-3-1-2-9-36-24/h1-6,9-11,14-15,19,26,29,45H,7-8,12-13,16-17H2,(H,38,44)/t19-,26-/m0/s1. The number of benzene rings is 1. The van der Waals surface area contributed by atoms with Crippen molar-refractivity contribution in [1.29, 1.82) is 0 Å². The number of aliphatic hydroxyl groups is 1. The van der Waals surface area contributed by atoms with Gasteiger partial charge in [-0.05, 0) is 43.2 Å². The molecule has 3 aromatic heterocycles. The predicted molar refractivity (Wildman–Crippen MR) is 166 cm³/mol. The van der Waals surface area contributed by atoms with Crippen LogP contribution in [0.4, 0.5) is 18.0 Å². The number of aromatic nitrogens is 4. The minimum absolute atomic E-state index is 0.130. The average molecular weight is 669 g/mol. The number of rotatable bonds is 6. The summed E-state index contributed by atoms with van der Waals surface area (Å²) in [6, 6.07) is 9.43. The number of hydrogen-bond acceptors (Lipinski definition) is 8. The largest absolute Gasteiger partial charge is 0.383 e. The molecular formula is C31H28ClF3N8O2S. The van der Waals surface area contributed by atoms with Crippen molar-refractivity contribution in [3.05, 3.63) is 105 Å². The zero-order chi connectivity index (χ0) is 32.0. The van der Waals surface area contributed by atoms with Gasteiger partial charge in [-0.1, -0.05) is 23.7 Å². The number of pyridine rings is 1. The summed E-state index contributed by atoms with van der Waals surface area (Å²) in [6.45, 7) is -1.83. The zero-order valence-corrected chi connectivity index (χ0v) is 25.8. The Labute approximate surface area is 270 Å². The second-order valence-corrected chi connectivity index (χ2v) is 12.7. The molecule has 3 aliphatic heterocycles. The van der Waals surface area contributed by atoms with Crippen molar-refractivity contribution in [2.75, 3.05) is 19.6 Å². The van der Waals surface area contributed by atoms with Crippen LogP contribution in [0.3, 0.4) is 0 Å². The van der Waals surface area contributed by atoms with Gasteiger partial charge in [0.25, 0.3) is 0 Å². The van der Waals surface area contributed by atoms with E-state index in [1.807, 2.05) is 16.3 Å². The predicted octanol–water partition coefficient (Wildman–Crippen LogP) is 5.60. The topological polar surface area (TPSA) is 112 Å². The van der Waals surface area contributed by atoms with Gasteiger partial charge in [-0.2, -0.15) is 13.9 Å². The van der Waals surface area contributed by atoms with E-state index in [2.05, 4.69) is 20.4 Å². The third-order valence-electron chi connectivity index (χ3n) is 8.57. The number of amidine groups is 1. The molecule has 46 heavy (non-hydrogen) atoms. The van der Waals surface area contributed by atoms with Crippen molar-refractivity contribution in [3.63, 3.8) is 0 Å². The molecule has 2 fully saturated rings. The number of fused-ring (bicyclic) bond motifs is 1. The first-order chi connectivity index (χ1) is 22.2. The first-order valence-corrected chi connectivity index (χ1v) is 15.9. The maximum atomic E-state index is 14.1. The Balaban J connectivity index is 1.20. The number of nitrogens with zero attached hydrogens (tertiary/aromatic N) is 7. The van der Waals surface area contributed by atoms with Gasteiger partial charge in [0.2, 0.25) is 0 Å². The summed E-state index contributed by atoms with van der Waals surface area (Å²) >= 11 is 7.92. The fraction of sp³-hybridized carbons (Fsp3) is 0.323. The smallest absolute Gasteiger partial charge is 0.333 e. The molecule has 0 unspecified atom stereocenters. The molecule has 2 amide bonds. The molecule has 15 heteroatoms. The van der Waals surface area contributed by atoms with E-state index in [1.165, 1.54) is 41.8 Å². The molecule has 0 spiro atoms. The normalized spacial score (nSPS) is 21.0. The number of carbonyl (C=O) groups is 1. The minimum atomic E-state index is -2.85. The molecule has 2 saturated heterocycles. The van der Waals surface area contributed by atoms with Crippen molar-refractivity contribution < 1.29 is 23.1 Å². The van der Waals surface area contributed by atoms with E-state index in [0.29, 0.717) is 71.3 Å². The van der Waals surface area contributed by atoms with Crippen molar-refractivity contribution >= 4 is 40.4 Å². The van der Waals surface area contributed by atoms with Crippen LogP contribution in [0.1, 0.15) is 53.8 Å². The zero-order valence-electron chi connectivity index (χ0n) is 24.2. The summed E-state index contributed by atoms with van der Waals surface area (Å²) in [7, 11) is 0. The van der Waals surface area contributed by atoms with Gasteiger partial charge in [-0.3, -0.25) is 9.98 Å². The maximum Gasteiger partial charge on any atom is 0.333 e. The van der Waals surface area contributed by atoms with Crippen molar-refractivity contribution in [1.82, 2.24) is 34.9 Å². The van der Waals surface area contributed by atoms with Gasteiger partial charge in [-0.15, -0.1) is 11.3 Å². The number of aliphatic imine (C=N–C) groups is 1. The van der Waals surface area contributed by atoms with E-state index in [-0.39, 0.29) is 22.8 Å².